The van der Waals surface area contributed by atoms with Crippen LogP contribution in [0.5, 0.6) is 0 Å². The Kier molecular flexibility index (Phi) is 3.69. The number of carbonyl (C=O) groups excluding carboxylic acids is 1. The van der Waals surface area contributed by atoms with Crippen molar-refractivity contribution in [2.75, 3.05) is 26.2 Å². The number of aryl methyl sites for hydroxylation is 1. The monoisotopic (exact) mass is 314 g/mol. The third-order valence-corrected chi connectivity index (χ3v) is 5.11. The first-order chi connectivity index (χ1) is 11.2. The van der Waals surface area contributed by atoms with Gasteiger partial charge in [-0.05, 0) is 56.8 Å². The summed E-state index contributed by atoms with van der Waals surface area (Å²) in [5.74, 6) is 3.01. The summed E-state index contributed by atoms with van der Waals surface area (Å²) >= 11 is 0. The second-order valence-corrected chi connectivity index (χ2v) is 6.63. The van der Waals surface area contributed by atoms with Crippen LogP contribution in [0.4, 0.5) is 0 Å². The molecule has 2 saturated heterocycles. The van der Waals surface area contributed by atoms with Gasteiger partial charge in [0.25, 0.3) is 5.91 Å². The van der Waals surface area contributed by atoms with Crippen molar-refractivity contribution in [2.24, 2.45) is 11.8 Å². The lowest BCUT2D eigenvalue weighted by molar-refractivity contribution is 0.0752. The Balaban J connectivity index is 1.47. The molecule has 0 unspecified atom stereocenters. The van der Waals surface area contributed by atoms with Gasteiger partial charge < -0.3 is 14.6 Å². The molecule has 2 aliphatic heterocycles. The highest BCUT2D eigenvalue weighted by molar-refractivity contribution is 5.93. The molecule has 4 heterocycles. The number of H-pyrrole nitrogens is 1. The average Bonchev–Trinajstić information content (AvgIpc) is 3.26. The number of amides is 1. The molecule has 2 fully saturated rings. The summed E-state index contributed by atoms with van der Waals surface area (Å²) < 4.78 is 5.58. The van der Waals surface area contributed by atoms with E-state index in [9.17, 15) is 4.79 Å². The van der Waals surface area contributed by atoms with Crippen molar-refractivity contribution in [3.8, 4) is 11.5 Å². The minimum atomic E-state index is 0.0173. The third kappa shape index (κ3) is 2.79. The standard InChI is InChI=1S/C17H22N4O2/c1-11-2-3-16(23-11)14-8-15(20-19-14)17(22)21-6-4-12-9-18-10-13(12)5-7-21/h2-3,8,12-13,18H,4-7,9-10H2,1H3,(H,19,20)/t12-,13+. The first kappa shape index (κ1) is 14.5. The minimum absolute atomic E-state index is 0.0173. The van der Waals surface area contributed by atoms with E-state index in [0.717, 1.165) is 50.5 Å². The molecule has 4 rings (SSSR count). The molecule has 2 aromatic rings. The van der Waals surface area contributed by atoms with Gasteiger partial charge in [0, 0.05) is 19.2 Å². The third-order valence-electron chi connectivity index (χ3n) is 5.11. The van der Waals surface area contributed by atoms with E-state index in [2.05, 4.69) is 15.5 Å². The molecule has 23 heavy (non-hydrogen) atoms. The van der Waals surface area contributed by atoms with Gasteiger partial charge in [0.05, 0.1) is 0 Å². The number of nitrogens with zero attached hydrogens (tertiary/aromatic N) is 2. The molecule has 6 heteroatoms. The van der Waals surface area contributed by atoms with Crippen LogP contribution < -0.4 is 5.32 Å². The van der Waals surface area contributed by atoms with E-state index in [1.165, 1.54) is 0 Å². The Bertz CT molecular complexity index is 691. The quantitative estimate of drug-likeness (QED) is 0.890. The van der Waals surface area contributed by atoms with Gasteiger partial charge in [0.15, 0.2) is 11.5 Å². The number of likely N-dealkylation sites (tertiary alicyclic amines) is 1. The van der Waals surface area contributed by atoms with E-state index in [1.807, 2.05) is 24.0 Å². The minimum Gasteiger partial charge on any atom is -0.460 e. The molecule has 0 saturated carbocycles. The van der Waals surface area contributed by atoms with Crippen molar-refractivity contribution in [2.45, 2.75) is 19.8 Å². The zero-order valence-electron chi connectivity index (χ0n) is 13.3. The van der Waals surface area contributed by atoms with E-state index < -0.39 is 0 Å². The highest BCUT2D eigenvalue weighted by atomic mass is 16.3. The van der Waals surface area contributed by atoms with Gasteiger partial charge in [0.1, 0.15) is 11.5 Å². The van der Waals surface area contributed by atoms with Gasteiger partial charge in [-0.3, -0.25) is 9.89 Å². The maximum Gasteiger partial charge on any atom is 0.274 e. The lowest BCUT2D eigenvalue weighted by Crippen LogP contribution is -2.33. The number of nitrogens with one attached hydrogen (secondary N) is 2. The van der Waals surface area contributed by atoms with Crippen LogP contribution in [0.1, 0.15) is 29.1 Å². The Morgan fingerprint density at radius 1 is 1.26 bits per heavy atom. The first-order valence-electron chi connectivity index (χ1n) is 8.33. The number of aromatic nitrogens is 2. The highest BCUT2D eigenvalue weighted by Gasteiger charge is 2.32. The smallest absolute Gasteiger partial charge is 0.274 e. The van der Waals surface area contributed by atoms with E-state index in [4.69, 9.17) is 4.42 Å². The van der Waals surface area contributed by atoms with Gasteiger partial charge in [-0.2, -0.15) is 5.10 Å². The molecular weight excluding hydrogens is 292 g/mol. The Morgan fingerprint density at radius 2 is 2.00 bits per heavy atom. The molecule has 1 amide bonds. The Labute approximate surface area is 135 Å². The topological polar surface area (TPSA) is 74.2 Å². The van der Waals surface area contributed by atoms with E-state index in [0.29, 0.717) is 23.3 Å². The lowest BCUT2D eigenvalue weighted by atomic mass is 9.92. The molecule has 0 aromatic carbocycles. The predicted octanol–water partition coefficient (Wildman–Crippen LogP) is 2.05. The zero-order valence-corrected chi connectivity index (χ0v) is 13.3. The fourth-order valence-corrected chi connectivity index (χ4v) is 3.72. The molecule has 6 nitrogen and oxygen atoms in total. The number of fused-ring (bicyclic) bond motifs is 1. The van der Waals surface area contributed by atoms with Crippen molar-refractivity contribution in [1.82, 2.24) is 20.4 Å². The molecule has 2 atom stereocenters. The number of rotatable bonds is 2. The summed E-state index contributed by atoms with van der Waals surface area (Å²) in [6, 6.07) is 5.57. The molecule has 122 valence electrons. The summed E-state index contributed by atoms with van der Waals surface area (Å²) in [6.45, 7) is 5.73. The molecule has 2 aliphatic rings. The molecule has 0 bridgehead atoms. The summed E-state index contributed by atoms with van der Waals surface area (Å²) in [5, 5.41) is 10.6. The van der Waals surface area contributed by atoms with Crippen molar-refractivity contribution < 1.29 is 9.21 Å². The second-order valence-electron chi connectivity index (χ2n) is 6.63. The highest BCUT2D eigenvalue weighted by Crippen LogP contribution is 2.28. The fraction of sp³-hybridized carbons (Fsp3) is 0.529. The number of aromatic amines is 1. The van der Waals surface area contributed by atoms with E-state index >= 15 is 0 Å². The lowest BCUT2D eigenvalue weighted by Gasteiger charge is -2.19. The number of carbonyl (C=O) groups is 1. The van der Waals surface area contributed by atoms with Gasteiger partial charge in [-0.1, -0.05) is 0 Å². The fourth-order valence-electron chi connectivity index (χ4n) is 3.72. The van der Waals surface area contributed by atoms with Gasteiger partial charge in [-0.25, -0.2) is 0 Å². The van der Waals surface area contributed by atoms with E-state index in [-0.39, 0.29) is 5.91 Å². The number of hydrogen-bond donors (Lipinski definition) is 2. The van der Waals surface area contributed by atoms with Crippen LogP contribution in [0.25, 0.3) is 11.5 Å². The molecule has 0 radical (unpaired) electrons. The summed E-state index contributed by atoms with van der Waals surface area (Å²) in [6.07, 6.45) is 2.16. The largest absolute Gasteiger partial charge is 0.460 e. The molecule has 0 aliphatic carbocycles. The van der Waals surface area contributed by atoms with E-state index in [1.54, 1.807) is 6.07 Å². The van der Waals surface area contributed by atoms with Gasteiger partial charge in [-0.15, -0.1) is 0 Å². The number of furan rings is 1. The maximum atomic E-state index is 12.7. The first-order valence-corrected chi connectivity index (χ1v) is 8.33. The SMILES string of the molecule is Cc1ccc(-c2cc(C(=O)N3CC[C@@H]4CNC[C@@H]4CC3)n[nH]2)o1. The molecule has 2 N–H and O–H groups in total. The van der Waals surface area contributed by atoms with Crippen LogP contribution in [0, 0.1) is 18.8 Å². The zero-order chi connectivity index (χ0) is 15.8. The van der Waals surface area contributed by atoms with Crippen molar-refractivity contribution >= 4 is 5.91 Å². The summed E-state index contributed by atoms with van der Waals surface area (Å²) in [7, 11) is 0. The van der Waals surface area contributed by atoms with Gasteiger partial charge in [0.2, 0.25) is 0 Å². The van der Waals surface area contributed by atoms with Crippen molar-refractivity contribution in [3.63, 3.8) is 0 Å². The number of hydrogen-bond acceptors (Lipinski definition) is 4. The molecule has 2 aromatic heterocycles. The maximum absolute atomic E-state index is 12.7. The Morgan fingerprint density at radius 3 is 2.65 bits per heavy atom. The van der Waals surface area contributed by atoms with Crippen LogP contribution in [-0.4, -0.2) is 47.2 Å². The normalized spacial score (nSPS) is 24.5. The van der Waals surface area contributed by atoms with Gasteiger partial charge >= 0.3 is 0 Å². The average molecular weight is 314 g/mol. The second kappa shape index (κ2) is 5.85. The summed E-state index contributed by atoms with van der Waals surface area (Å²) in [5.41, 5.74) is 1.22. The van der Waals surface area contributed by atoms with Crippen LogP contribution in [0.15, 0.2) is 22.6 Å². The predicted molar refractivity (Wildman–Crippen MR) is 86.0 cm³/mol. The van der Waals surface area contributed by atoms with Crippen molar-refractivity contribution in [1.29, 1.82) is 0 Å². The van der Waals surface area contributed by atoms with Crippen LogP contribution in [0.3, 0.4) is 0 Å². The van der Waals surface area contributed by atoms with Crippen LogP contribution >= 0.6 is 0 Å². The van der Waals surface area contributed by atoms with Crippen molar-refractivity contribution in [3.05, 3.63) is 29.7 Å². The molecular formula is C17H22N4O2. The Hall–Kier alpha value is -2.08. The van der Waals surface area contributed by atoms with Crippen LogP contribution in [0.2, 0.25) is 0 Å². The molecule has 0 spiro atoms. The van der Waals surface area contributed by atoms with Crippen LogP contribution in [-0.2, 0) is 0 Å². The summed E-state index contributed by atoms with van der Waals surface area (Å²) in [4.78, 5) is 14.7.